The van der Waals surface area contributed by atoms with E-state index in [2.05, 4.69) is 19.6 Å². The fraction of sp³-hybridized carbons (Fsp3) is 0.400. The molecule has 0 saturated carbocycles. The second-order valence-corrected chi connectivity index (χ2v) is 13.5. The Bertz CT molecular complexity index is 1600. The van der Waals surface area contributed by atoms with Crippen LogP contribution in [-0.2, 0) is 14.5 Å². The molecule has 1 aliphatic heterocycles. The largest absolute Gasteiger partial charge is 0.442 e. The molecular formula is C30H35F2N5O4S. The van der Waals surface area contributed by atoms with Gasteiger partial charge in [-0.3, -0.25) is 9.78 Å². The maximum Gasteiger partial charge on any atom is 0.442 e. The molecule has 9 nitrogen and oxygen atoms in total. The third kappa shape index (κ3) is 7.67. The zero-order valence-corrected chi connectivity index (χ0v) is 25.1. The third-order valence-corrected chi connectivity index (χ3v) is 8.33. The van der Waals surface area contributed by atoms with E-state index in [4.69, 9.17) is 4.74 Å². The lowest BCUT2D eigenvalue weighted by Gasteiger charge is -2.26. The fourth-order valence-electron chi connectivity index (χ4n) is 4.67. The summed E-state index contributed by atoms with van der Waals surface area (Å²) in [7, 11) is -3.20. The first kappa shape index (κ1) is 31.0. The summed E-state index contributed by atoms with van der Waals surface area (Å²) in [5.41, 5.74) is 1.79. The van der Waals surface area contributed by atoms with Gasteiger partial charge < -0.3 is 15.0 Å². The van der Waals surface area contributed by atoms with Gasteiger partial charge in [0.2, 0.25) is 5.92 Å². The predicted octanol–water partition coefficient (Wildman–Crippen LogP) is 6.72. The Morgan fingerprint density at radius 1 is 1.12 bits per heavy atom. The molecule has 1 saturated heterocycles. The van der Waals surface area contributed by atoms with E-state index < -0.39 is 33.3 Å². The Hall–Kier alpha value is -3.93. The normalized spacial score (nSPS) is 16.6. The summed E-state index contributed by atoms with van der Waals surface area (Å²) in [4.78, 5) is 36.8. The van der Waals surface area contributed by atoms with E-state index in [0.717, 1.165) is 5.56 Å². The molecule has 1 fully saturated rings. The van der Waals surface area contributed by atoms with Crippen molar-refractivity contribution in [1.29, 1.82) is 0 Å². The van der Waals surface area contributed by atoms with Crippen LogP contribution in [-0.4, -0.2) is 57.0 Å². The SMILES string of the molecule is Cc1c(-c2cccnc2)cnc(N2CCCC(F)(F)CC2)c1C(=O)Nc1cccc(S(C)(=O)=NC(=O)OC(C)(C)C)c1. The number of halogens is 2. The quantitative estimate of drug-likeness (QED) is 0.346. The van der Waals surface area contributed by atoms with E-state index in [0.29, 0.717) is 29.2 Å². The smallest absolute Gasteiger partial charge is 0.442 e. The molecule has 0 aliphatic carbocycles. The summed E-state index contributed by atoms with van der Waals surface area (Å²) < 4.78 is 50.6. The fourth-order valence-corrected chi connectivity index (χ4v) is 5.77. The average molecular weight is 600 g/mol. The van der Waals surface area contributed by atoms with Crippen LogP contribution in [0.5, 0.6) is 0 Å². The number of alkyl halides is 2. The van der Waals surface area contributed by atoms with Gasteiger partial charge in [0.1, 0.15) is 11.4 Å². The van der Waals surface area contributed by atoms with Crippen LogP contribution in [0.2, 0.25) is 0 Å². The lowest BCUT2D eigenvalue weighted by atomic mass is 9.98. The first-order valence-corrected chi connectivity index (χ1v) is 15.5. The van der Waals surface area contributed by atoms with Gasteiger partial charge in [-0.1, -0.05) is 12.1 Å². The summed E-state index contributed by atoms with van der Waals surface area (Å²) in [6.45, 7) is 7.20. The van der Waals surface area contributed by atoms with Gasteiger partial charge in [0.05, 0.1) is 15.3 Å². The number of rotatable bonds is 5. The number of carbonyl (C=O) groups is 2. The molecule has 1 aromatic carbocycles. The Kier molecular flexibility index (Phi) is 8.95. The second-order valence-electron chi connectivity index (χ2n) is 11.3. The van der Waals surface area contributed by atoms with Gasteiger partial charge in [-0.05, 0) is 63.9 Å². The van der Waals surface area contributed by atoms with E-state index in [9.17, 15) is 22.6 Å². The van der Waals surface area contributed by atoms with Crippen LogP contribution in [0, 0.1) is 6.92 Å². The third-order valence-electron chi connectivity index (χ3n) is 6.71. The van der Waals surface area contributed by atoms with Gasteiger partial charge in [-0.15, -0.1) is 4.36 Å². The summed E-state index contributed by atoms with van der Waals surface area (Å²) in [6, 6.07) is 9.85. The number of hydrogen-bond donors (Lipinski definition) is 1. The first-order valence-electron chi connectivity index (χ1n) is 13.5. The molecule has 224 valence electrons. The maximum absolute atomic E-state index is 14.2. The molecule has 0 bridgehead atoms. The van der Waals surface area contributed by atoms with Crippen molar-refractivity contribution in [3.63, 3.8) is 0 Å². The van der Waals surface area contributed by atoms with Crippen LogP contribution in [0.3, 0.4) is 0 Å². The van der Waals surface area contributed by atoms with Gasteiger partial charge in [0.25, 0.3) is 5.91 Å². The minimum atomic E-state index is -3.20. The summed E-state index contributed by atoms with van der Waals surface area (Å²) >= 11 is 0. The molecule has 3 aromatic rings. The number of nitrogens with zero attached hydrogens (tertiary/aromatic N) is 4. The molecule has 1 aliphatic rings. The van der Waals surface area contributed by atoms with Gasteiger partial charge in [0.15, 0.2) is 0 Å². The zero-order chi connectivity index (χ0) is 30.7. The predicted molar refractivity (Wildman–Crippen MR) is 159 cm³/mol. The number of amides is 2. The molecule has 3 heterocycles. The van der Waals surface area contributed by atoms with Gasteiger partial charge in [0, 0.05) is 72.5 Å². The maximum atomic E-state index is 14.2. The van der Waals surface area contributed by atoms with Crippen molar-refractivity contribution in [3.8, 4) is 11.1 Å². The minimum absolute atomic E-state index is 0.0471. The lowest BCUT2D eigenvalue weighted by Crippen LogP contribution is -2.30. The number of anilines is 2. The zero-order valence-electron chi connectivity index (χ0n) is 24.3. The number of carbonyl (C=O) groups excluding carboxylic acids is 2. The van der Waals surface area contributed by atoms with Crippen LogP contribution in [0.15, 0.2) is 64.2 Å². The molecule has 1 atom stereocenters. The molecule has 1 unspecified atom stereocenters. The monoisotopic (exact) mass is 599 g/mol. The number of nitrogens with one attached hydrogen (secondary N) is 1. The molecule has 1 N–H and O–H groups in total. The number of pyridine rings is 2. The summed E-state index contributed by atoms with van der Waals surface area (Å²) in [5.74, 6) is -2.98. The van der Waals surface area contributed by atoms with Crippen molar-refractivity contribution in [1.82, 2.24) is 9.97 Å². The Morgan fingerprint density at radius 2 is 1.88 bits per heavy atom. The van der Waals surface area contributed by atoms with Gasteiger partial charge in [-0.2, -0.15) is 0 Å². The molecule has 42 heavy (non-hydrogen) atoms. The van der Waals surface area contributed by atoms with Crippen LogP contribution in [0.1, 0.15) is 56.0 Å². The van der Waals surface area contributed by atoms with Crippen molar-refractivity contribution >= 4 is 33.2 Å². The van der Waals surface area contributed by atoms with Crippen molar-refractivity contribution in [2.45, 2.75) is 63.4 Å². The van der Waals surface area contributed by atoms with Crippen LogP contribution in [0.25, 0.3) is 11.1 Å². The first-order chi connectivity index (χ1) is 19.7. The van der Waals surface area contributed by atoms with Gasteiger partial charge >= 0.3 is 6.09 Å². The highest BCUT2D eigenvalue weighted by atomic mass is 32.2. The summed E-state index contributed by atoms with van der Waals surface area (Å²) in [5, 5.41) is 2.84. The van der Waals surface area contributed by atoms with Gasteiger partial charge in [-0.25, -0.2) is 22.8 Å². The van der Waals surface area contributed by atoms with Crippen LogP contribution < -0.4 is 10.2 Å². The van der Waals surface area contributed by atoms with E-state index in [1.54, 1.807) is 75.5 Å². The average Bonchev–Trinajstić information content (AvgIpc) is 3.07. The van der Waals surface area contributed by atoms with E-state index in [1.165, 1.54) is 12.3 Å². The lowest BCUT2D eigenvalue weighted by molar-refractivity contribution is -0.0102. The van der Waals surface area contributed by atoms with Crippen molar-refractivity contribution in [2.75, 3.05) is 29.6 Å². The minimum Gasteiger partial charge on any atom is -0.442 e. The molecule has 0 radical (unpaired) electrons. The molecular weight excluding hydrogens is 564 g/mol. The highest BCUT2D eigenvalue weighted by molar-refractivity contribution is 7.93. The van der Waals surface area contributed by atoms with E-state index in [1.807, 2.05) is 6.07 Å². The Labute approximate surface area is 244 Å². The number of hydrogen-bond acceptors (Lipinski definition) is 7. The van der Waals surface area contributed by atoms with Crippen molar-refractivity contribution in [3.05, 3.63) is 66.1 Å². The molecule has 2 amide bonds. The number of benzene rings is 1. The number of ether oxygens (including phenoxy) is 1. The van der Waals surface area contributed by atoms with Crippen molar-refractivity contribution in [2.24, 2.45) is 4.36 Å². The molecule has 12 heteroatoms. The van der Waals surface area contributed by atoms with Crippen molar-refractivity contribution < 1.29 is 27.3 Å². The van der Waals surface area contributed by atoms with Crippen LogP contribution in [0.4, 0.5) is 25.1 Å². The number of aromatic nitrogens is 2. The molecule has 2 aromatic heterocycles. The highest BCUT2D eigenvalue weighted by Crippen LogP contribution is 2.34. The van der Waals surface area contributed by atoms with E-state index in [-0.39, 0.29) is 36.3 Å². The van der Waals surface area contributed by atoms with E-state index >= 15 is 0 Å². The Morgan fingerprint density at radius 3 is 2.57 bits per heavy atom. The molecule has 0 spiro atoms. The Balaban J connectivity index is 1.71. The topological polar surface area (TPSA) is 114 Å². The second kappa shape index (κ2) is 12.1. The standard InChI is InChI=1S/C30H35F2N5O4S/c1-20-24(21-9-7-14-33-18-21)19-34-26(37-15-8-12-30(31,32)13-16-37)25(20)27(38)35-22-10-6-11-23(17-22)42(5,40)36-28(39)41-29(2,3)4/h6-7,9-11,14,17-19H,8,12-13,15-16H2,1-5H3,(H,35,38). The highest BCUT2D eigenvalue weighted by Gasteiger charge is 2.33. The summed E-state index contributed by atoms with van der Waals surface area (Å²) in [6.07, 6.45) is 4.98. The molecule has 4 rings (SSSR count). The van der Waals surface area contributed by atoms with Crippen LogP contribution >= 0.6 is 0 Å².